The van der Waals surface area contributed by atoms with E-state index in [0.717, 1.165) is 130 Å². The van der Waals surface area contributed by atoms with Gasteiger partial charge in [-0.25, -0.2) is 9.97 Å². The Bertz CT molecular complexity index is 3890. The fraction of sp³-hybridized carbons (Fsp3) is 0.194. The van der Waals surface area contributed by atoms with Crippen molar-refractivity contribution in [1.82, 2.24) is 14.5 Å². The molecule has 0 aliphatic heterocycles. The van der Waals surface area contributed by atoms with Crippen molar-refractivity contribution in [3.05, 3.63) is 203 Å². The first-order valence-corrected chi connectivity index (χ1v) is 25.7. The van der Waals surface area contributed by atoms with Crippen LogP contribution in [0.3, 0.4) is 0 Å². The van der Waals surface area contributed by atoms with E-state index < -0.39 is 0 Å². The van der Waals surface area contributed by atoms with E-state index in [1.165, 1.54) is 27.8 Å². The zero-order chi connectivity index (χ0) is 49.5. The summed E-state index contributed by atoms with van der Waals surface area (Å²) in [6.45, 7) is 18.3. The van der Waals surface area contributed by atoms with E-state index in [1.54, 1.807) is 6.07 Å². The monoisotopic (exact) mass is 937 g/mol. The third kappa shape index (κ3) is 7.36. The molecule has 3 heterocycles. The Morgan fingerprint density at radius 2 is 1.17 bits per heavy atom. The molecule has 1 aliphatic rings. The second-order valence-electron chi connectivity index (χ2n) is 20.8. The van der Waals surface area contributed by atoms with Gasteiger partial charge in [0, 0.05) is 21.9 Å². The van der Waals surface area contributed by atoms with Gasteiger partial charge in [0.25, 0.3) is 0 Å². The second kappa shape index (κ2) is 17.7. The molecule has 8 aromatic carbocycles. The van der Waals surface area contributed by atoms with Crippen LogP contribution in [0.5, 0.6) is 5.75 Å². The van der Waals surface area contributed by atoms with Crippen LogP contribution in [0.1, 0.15) is 98.2 Å². The maximum Gasteiger partial charge on any atom is 0.164 e. The minimum Gasteiger partial charge on any atom is -0.507 e. The quantitative estimate of drug-likeness (QED) is 0.157. The number of aromatic hydroxyl groups is 1. The standard InChI is InChI=1S/C67H59N3O2/c1-38(2)47-35-53(39(3)4)63(54(36-47)40(5)6)51-24-16-23-48(43-19-10-9-11-20-43)62(51)52-32-34-56-65(60(52)46-29-31-50-49-22-12-13-26-58(49)72-59(50)37-46)69-67(70(56)66-41(7)17-14-18-42(66)8)55-33-30-45-28-27-44-21-15-25-57(71)61(44)64(45)68-55/h9-26,29-40,71H,27-28H2,1-8H3. The Labute approximate surface area is 422 Å². The van der Waals surface area contributed by atoms with Gasteiger partial charge in [-0.05, 0) is 159 Å². The lowest BCUT2D eigenvalue weighted by Gasteiger charge is -2.27. The number of hydrogen-bond donors (Lipinski definition) is 1. The summed E-state index contributed by atoms with van der Waals surface area (Å²) in [5.41, 5.74) is 24.6. The molecule has 5 nitrogen and oxygen atoms in total. The van der Waals surface area contributed by atoms with Crippen LogP contribution in [0.25, 0.3) is 106 Å². The molecule has 1 N–H and O–H groups in total. The number of phenolic OH excluding ortho intramolecular Hbond substituents is 1. The molecule has 72 heavy (non-hydrogen) atoms. The maximum absolute atomic E-state index is 11.4. The Morgan fingerprint density at radius 3 is 1.92 bits per heavy atom. The van der Waals surface area contributed by atoms with Gasteiger partial charge in [-0.15, -0.1) is 0 Å². The highest BCUT2D eigenvalue weighted by Crippen LogP contribution is 2.51. The minimum atomic E-state index is 0.252. The first-order valence-electron chi connectivity index (χ1n) is 25.7. The van der Waals surface area contributed by atoms with E-state index in [2.05, 4.69) is 206 Å². The highest BCUT2D eigenvalue weighted by Gasteiger charge is 2.30. The summed E-state index contributed by atoms with van der Waals surface area (Å²) in [4.78, 5) is 11.4. The predicted molar refractivity (Wildman–Crippen MR) is 300 cm³/mol. The van der Waals surface area contributed by atoms with Gasteiger partial charge >= 0.3 is 0 Å². The number of rotatable bonds is 9. The zero-order valence-corrected chi connectivity index (χ0v) is 42.4. The molecule has 0 fully saturated rings. The number of para-hydroxylation sites is 2. The lowest BCUT2D eigenvalue weighted by atomic mass is 9.77. The van der Waals surface area contributed by atoms with Gasteiger partial charge < -0.3 is 9.52 Å². The van der Waals surface area contributed by atoms with Crippen molar-refractivity contribution < 1.29 is 9.52 Å². The molecule has 354 valence electrons. The van der Waals surface area contributed by atoms with Gasteiger partial charge in [-0.2, -0.15) is 0 Å². The Morgan fingerprint density at radius 1 is 0.500 bits per heavy atom. The second-order valence-corrected chi connectivity index (χ2v) is 20.8. The number of aromatic nitrogens is 3. The number of fused-ring (bicyclic) bond motifs is 7. The maximum atomic E-state index is 11.4. The van der Waals surface area contributed by atoms with Crippen molar-refractivity contribution >= 4 is 33.0 Å². The van der Waals surface area contributed by atoms with E-state index in [4.69, 9.17) is 14.4 Å². The Kier molecular flexibility index (Phi) is 11.1. The summed E-state index contributed by atoms with van der Waals surface area (Å²) in [6.07, 6.45) is 1.70. The average molecular weight is 938 g/mol. The van der Waals surface area contributed by atoms with Crippen molar-refractivity contribution in [2.45, 2.75) is 86.0 Å². The fourth-order valence-electron chi connectivity index (χ4n) is 11.6. The number of imidazole rings is 1. The van der Waals surface area contributed by atoms with Crippen molar-refractivity contribution in [1.29, 1.82) is 0 Å². The first kappa shape index (κ1) is 45.1. The fourth-order valence-corrected chi connectivity index (χ4v) is 11.6. The van der Waals surface area contributed by atoms with E-state index in [1.807, 2.05) is 12.1 Å². The van der Waals surface area contributed by atoms with Crippen LogP contribution in [0, 0.1) is 13.8 Å². The average Bonchev–Trinajstić information content (AvgIpc) is 3.96. The molecular formula is C67H59N3O2. The van der Waals surface area contributed by atoms with Gasteiger partial charge in [-0.1, -0.05) is 169 Å². The molecule has 0 radical (unpaired) electrons. The van der Waals surface area contributed by atoms with Gasteiger partial charge in [0.05, 0.1) is 22.4 Å². The lowest BCUT2D eigenvalue weighted by molar-refractivity contribution is 0.476. The topological polar surface area (TPSA) is 64.1 Å². The van der Waals surface area contributed by atoms with E-state index >= 15 is 0 Å². The SMILES string of the molecule is Cc1cccc(C)c1-n1c(-c2ccc3c(n2)-c2c(O)cccc2CC3)nc2c(-c3ccc4c(c3)oc3ccccc34)c(-c3c(-c4ccccc4)cccc3-c3c(C(C)C)cc(C(C)C)cc3C(C)C)ccc21. The number of pyridine rings is 1. The number of benzene rings is 8. The van der Waals surface area contributed by atoms with Crippen molar-refractivity contribution in [2.75, 3.05) is 0 Å². The summed E-state index contributed by atoms with van der Waals surface area (Å²) in [5, 5.41) is 13.5. The Balaban J connectivity index is 1.24. The number of furan rings is 1. The van der Waals surface area contributed by atoms with Gasteiger partial charge in [0.1, 0.15) is 22.6 Å². The third-order valence-corrected chi connectivity index (χ3v) is 15.2. The van der Waals surface area contributed by atoms with Gasteiger partial charge in [0.2, 0.25) is 0 Å². The first-order chi connectivity index (χ1) is 34.9. The molecule has 12 rings (SSSR count). The van der Waals surface area contributed by atoms with Gasteiger partial charge in [0.15, 0.2) is 5.82 Å². The highest BCUT2D eigenvalue weighted by atomic mass is 16.3. The van der Waals surface area contributed by atoms with Crippen LogP contribution >= 0.6 is 0 Å². The normalized spacial score (nSPS) is 12.5. The number of aryl methyl sites for hydroxylation is 4. The molecule has 0 saturated carbocycles. The molecule has 0 amide bonds. The van der Waals surface area contributed by atoms with Crippen molar-refractivity contribution in [3.63, 3.8) is 0 Å². The summed E-state index contributed by atoms with van der Waals surface area (Å²) < 4.78 is 9.04. The summed E-state index contributed by atoms with van der Waals surface area (Å²) >= 11 is 0. The lowest BCUT2D eigenvalue weighted by Crippen LogP contribution is -2.08. The van der Waals surface area contributed by atoms with Crippen LogP contribution in [0.2, 0.25) is 0 Å². The molecule has 0 saturated heterocycles. The minimum absolute atomic E-state index is 0.252. The van der Waals surface area contributed by atoms with Crippen LogP contribution in [-0.2, 0) is 12.8 Å². The Hall–Kier alpha value is -8.02. The molecule has 0 unspecified atom stereocenters. The molecule has 3 aromatic heterocycles. The van der Waals surface area contributed by atoms with E-state index in [-0.39, 0.29) is 17.6 Å². The van der Waals surface area contributed by atoms with Crippen LogP contribution in [-0.4, -0.2) is 19.6 Å². The molecule has 0 atom stereocenters. The largest absolute Gasteiger partial charge is 0.507 e. The number of hydrogen-bond acceptors (Lipinski definition) is 4. The van der Waals surface area contributed by atoms with Crippen LogP contribution in [0.15, 0.2) is 168 Å². The molecule has 11 aromatic rings. The van der Waals surface area contributed by atoms with E-state index in [0.29, 0.717) is 5.92 Å². The van der Waals surface area contributed by atoms with E-state index in [9.17, 15) is 5.11 Å². The smallest absolute Gasteiger partial charge is 0.164 e. The third-order valence-electron chi connectivity index (χ3n) is 15.2. The predicted octanol–water partition coefficient (Wildman–Crippen LogP) is 18.1. The highest BCUT2D eigenvalue weighted by molar-refractivity contribution is 6.11. The van der Waals surface area contributed by atoms with Crippen molar-refractivity contribution in [2.24, 2.45) is 0 Å². The van der Waals surface area contributed by atoms with Gasteiger partial charge in [-0.3, -0.25) is 4.57 Å². The number of nitrogens with zero attached hydrogens (tertiary/aromatic N) is 3. The zero-order valence-electron chi connectivity index (χ0n) is 42.4. The number of phenols is 1. The molecular weight excluding hydrogens is 879 g/mol. The molecule has 0 spiro atoms. The summed E-state index contributed by atoms with van der Waals surface area (Å²) in [5.74, 6) is 1.92. The molecule has 5 heteroatoms. The summed E-state index contributed by atoms with van der Waals surface area (Å²) in [7, 11) is 0. The molecule has 1 aliphatic carbocycles. The van der Waals surface area contributed by atoms with Crippen LogP contribution in [0.4, 0.5) is 0 Å². The molecule has 0 bridgehead atoms. The van der Waals surface area contributed by atoms with Crippen molar-refractivity contribution in [3.8, 4) is 78.7 Å². The summed E-state index contributed by atoms with van der Waals surface area (Å²) in [6, 6.07) is 59.0. The van der Waals surface area contributed by atoms with Crippen LogP contribution < -0.4 is 0 Å².